The monoisotopic (exact) mass is 1750 g/mol. The molecule has 0 saturated carbocycles. The van der Waals surface area contributed by atoms with Gasteiger partial charge in [-0.25, -0.2) is 18.8 Å². The number of anilines is 3. The number of para-hydroxylation sites is 4. The van der Waals surface area contributed by atoms with Crippen LogP contribution in [0.15, 0.2) is 176 Å². The van der Waals surface area contributed by atoms with E-state index < -0.39 is 15.9 Å². The van der Waals surface area contributed by atoms with E-state index in [2.05, 4.69) is 75.5 Å². The molecule has 6 atom stereocenters. The number of rotatable bonds is 24. The first kappa shape index (κ1) is 90.1. The van der Waals surface area contributed by atoms with Gasteiger partial charge in [-0.05, 0) is 165 Å². The molecule has 0 spiro atoms. The first-order valence-corrected chi connectivity index (χ1v) is 47.3. The Kier molecular flexibility index (Phi) is 30.4. The smallest absolute Gasteiger partial charge is 0.322 e. The van der Waals surface area contributed by atoms with Gasteiger partial charge < -0.3 is 64.8 Å². The molecule has 3 N–H and O–H groups in total. The fraction of sp³-hybridized carbons (Fsp3) is 0.485. The van der Waals surface area contributed by atoms with Gasteiger partial charge in [0, 0.05) is 159 Å². The van der Waals surface area contributed by atoms with E-state index in [9.17, 15) is 47.5 Å². The van der Waals surface area contributed by atoms with E-state index in [1.165, 1.54) is 17.8 Å². The lowest BCUT2D eigenvalue weighted by atomic mass is 9.92. The second kappa shape index (κ2) is 41.8. The number of fused-ring (bicyclic) bond motifs is 3. The van der Waals surface area contributed by atoms with Crippen LogP contribution in [0.3, 0.4) is 0 Å². The normalized spacial score (nSPS) is 21.5. The van der Waals surface area contributed by atoms with Crippen LogP contribution in [-0.4, -0.2) is 214 Å². The van der Waals surface area contributed by atoms with Gasteiger partial charge in [0.2, 0.25) is 35.4 Å². The summed E-state index contributed by atoms with van der Waals surface area (Å²) in [4.78, 5) is 141. The largest absolute Gasteiger partial charge is 0.489 e. The van der Waals surface area contributed by atoms with Gasteiger partial charge in [0.05, 0.1) is 21.1 Å². The van der Waals surface area contributed by atoms with Crippen LogP contribution in [0.25, 0.3) is 0 Å². The third kappa shape index (κ3) is 22.8. The zero-order valence-corrected chi connectivity index (χ0v) is 75.0. The van der Waals surface area contributed by atoms with E-state index in [1.807, 2.05) is 173 Å². The van der Waals surface area contributed by atoms with Crippen molar-refractivity contribution in [1.82, 2.24) is 49.1 Å². The van der Waals surface area contributed by atoms with Crippen LogP contribution in [-0.2, 0) is 61.2 Å². The maximum atomic E-state index is 14.8. The fourth-order valence-corrected chi connectivity index (χ4v) is 22.7. The fourth-order valence-electron chi connectivity index (χ4n) is 18.0. The third-order valence-corrected chi connectivity index (χ3v) is 29.6. The summed E-state index contributed by atoms with van der Waals surface area (Å²) in [6.07, 6.45) is 13.5. The van der Waals surface area contributed by atoms with Crippen LogP contribution in [0.1, 0.15) is 178 Å². The molecule has 16 rings (SSSR count). The molecule has 9 aliphatic heterocycles. The Bertz CT molecular complexity index is 4900. The number of piperidine rings is 3. The van der Waals surface area contributed by atoms with E-state index in [0.29, 0.717) is 115 Å². The number of urea groups is 3. The predicted octanol–water partition coefficient (Wildman–Crippen LogP) is 17.3. The highest BCUT2D eigenvalue weighted by Gasteiger charge is 2.48. The number of ether oxygens (including phenoxy) is 1. The molecule has 6 saturated heterocycles. The number of hydrogen-bond donors (Lipinski definition) is 3. The molecule has 1 aromatic heterocycles. The van der Waals surface area contributed by atoms with E-state index in [0.717, 1.165) is 120 Å². The molecule has 12 amide bonds. The third-order valence-electron chi connectivity index (χ3n) is 25.2. The summed E-state index contributed by atoms with van der Waals surface area (Å²) in [5, 5.41) is 7.24. The van der Waals surface area contributed by atoms with Crippen LogP contribution >= 0.6 is 35.3 Å². The number of halogens is 1. The van der Waals surface area contributed by atoms with Gasteiger partial charge in [0.15, 0.2) is 0 Å². The zero-order chi connectivity index (χ0) is 87.1. The molecule has 6 fully saturated rings. The summed E-state index contributed by atoms with van der Waals surface area (Å²) < 4.78 is 21.0. The highest BCUT2D eigenvalue weighted by atomic mass is 32.2. The average Bonchev–Trinajstić information content (AvgIpc) is 1.45. The van der Waals surface area contributed by atoms with Gasteiger partial charge in [-0.15, -0.1) is 35.3 Å². The average molecular weight is 1750 g/mol. The number of thioether (sulfide) groups is 3. The number of carbonyl (C=O) groups excluding carboxylic acids is 9. The lowest BCUT2D eigenvalue weighted by Crippen LogP contribution is -2.51. The summed E-state index contributed by atoms with van der Waals surface area (Å²) in [6, 6.07) is 52.4. The molecule has 6 aromatic carbocycles. The molecular weight excluding hydrogens is 1620 g/mol. The predicted molar refractivity (Wildman–Crippen MR) is 493 cm³/mol. The molecule has 10 heterocycles. The van der Waals surface area contributed by atoms with Crippen molar-refractivity contribution in [2.45, 2.75) is 208 Å². The Morgan fingerprint density at radius 1 is 0.468 bits per heavy atom. The Hall–Kier alpha value is -10.1. The standard InChI is InChI=1S/C36H42N4O4S.C31H39FN4O3S.C30H39N5O3S.2H2/c1-25(2)16-21-39-34(42)32(45-35(39)29-13-7-9-15-31(29)44-24-26-10-4-3-5-11-26)22-33(41)38-19-17-28(18-20-38)40-23-27-12-6-8-14-30(27)37-36(40)43;1-31(2,3)15-19-36-28(38)26(40-29(36)23-9-5-6-10-24(23)32)20-27(37)34-16-13-22(14-17-34)35-18-12-21-8-4-7-11-25(21)33-30(35)39;1-21(2)19-28-35(17-9-22-7-13-31-14-8-22)29(37)26(39-28)20-27(36)33-15-11-24(12-16-33)34-18-10-23-5-3-4-6-25(23)32-30(34)38;;/h3-15,25,28,32,35H,16-24H2,1-2H3,(H,37,43);4-11,22,26,29H,12-20H2,1-3H3,(H,33,39);3-8,13-14,21,24,26,28H,9-12,15-20H2,1-2H3,(H,32,38);2*1H. The zero-order valence-electron chi connectivity index (χ0n) is 72.6. The lowest BCUT2D eigenvalue weighted by Gasteiger charge is -2.40. The summed E-state index contributed by atoms with van der Waals surface area (Å²) in [6.45, 7) is 22.7. The number of nitrogens with zero attached hydrogens (tertiary/aromatic N) is 10. The summed E-state index contributed by atoms with van der Waals surface area (Å²) in [5.41, 5.74) is 9.75. The van der Waals surface area contributed by atoms with Crippen molar-refractivity contribution < 1.29 is 55.1 Å². The lowest BCUT2D eigenvalue weighted by molar-refractivity contribution is -0.137. The van der Waals surface area contributed by atoms with Gasteiger partial charge in [-0.1, -0.05) is 170 Å². The molecule has 0 radical (unpaired) electrons. The van der Waals surface area contributed by atoms with Crippen molar-refractivity contribution in [2.75, 3.05) is 87.9 Å². The Morgan fingerprint density at radius 3 is 1.40 bits per heavy atom. The van der Waals surface area contributed by atoms with Gasteiger partial charge in [0.1, 0.15) is 28.9 Å². The van der Waals surface area contributed by atoms with Crippen molar-refractivity contribution in [3.63, 3.8) is 0 Å². The minimum absolute atomic E-state index is 0. The number of hydrogen-bond acceptors (Lipinski definition) is 14. The van der Waals surface area contributed by atoms with Crippen LogP contribution in [0.2, 0.25) is 0 Å². The van der Waals surface area contributed by atoms with E-state index in [1.54, 1.807) is 59.0 Å². The van der Waals surface area contributed by atoms with Crippen molar-refractivity contribution in [1.29, 1.82) is 0 Å². The number of likely N-dealkylation sites (tertiary alicyclic amines) is 3. The Labute approximate surface area is 745 Å². The van der Waals surface area contributed by atoms with Crippen LogP contribution < -0.4 is 20.7 Å². The highest BCUT2D eigenvalue weighted by Crippen LogP contribution is 2.49. The Balaban J connectivity index is 0.000000171. The van der Waals surface area contributed by atoms with Gasteiger partial charge >= 0.3 is 18.1 Å². The van der Waals surface area contributed by atoms with Crippen molar-refractivity contribution in [2.24, 2.45) is 17.3 Å². The van der Waals surface area contributed by atoms with E-state index in [4.69, 9.17) is 4.74 Å². The first-order chi connectivity index (χ1) is 59.9. The minimum Gasteiger partial charge on any atom is -0.489 e. The molecule has 9 aliphatic rings. The Morgan fingerprint density at radius 2 is 0.895 bits per heavy atom. The number of carbonyl (C=O) groups is 9. The molecule has 23 nitrogen and oxygen atoms in total. The van der Waals surface area contributed by atoms with Crippen LogP contribution in [0.4, 0.5) is 35.8 Å². The molecule has 124 heavy (non-hydrogen) atoms. The molecular formula is C97H124FN13O10S3. The first-order valence-electron chi connectivity index (χ1n) is 44.4. The highest BCUT2D eigenvalue weighted by molar-refractivity contribution is 8.02. The maximum Gasteiger partial charge on any atom is 0.322 e. The SMILES string of the molecule is CC(C)(C)CCN1C(=O)C(CC(=O)N2CCC(N3CCc4ccccc4NC3=O)CC2)SC1c1ccccc1F.CC(C)CC1SC(CC(=O)N2CCC(N3CCc4ccccc4NC3=O)CC2)C(=O)N1CCc1ccncc1.CC(C)CCN1C(=O)C(CC(=O)N2CCC(N3Cc4ccccc4NC3=O)CC2)SC1c1ccccc1OCc1ccccc1.[HH].[HH]. The van der Waals surface area contributed by atoms with Crippen molar-refractivity contribution >= 4 is 106 Å². The van der Waals surface area contributed by atoms with E-state index in [-0.39, 0.29) is 121 Å². The number of amides is 12. The second-order valence-electron chi connectivity index (χ2n) is 35.9. The van der Waals surface area contributed by atoms with Crippen molar-refractivity contribution in [3.8, 4) is 5.75 Å². The van der Waals surface area contributed by atoms with Crippen molar-refractivity contribution in [3.05, 3.63) is 221 Å². The summed E-state index contributed by atoms with van der Waals surface area (Å²) >= 11 is 4.61. The molecule has 7 aromatic rings. The van der Waals surface area contributed by atoms with Crippen LogP contribution in [0, 0.1) is 23.1 Å². The van der Waals surface area contributed by atoms with Gasteiger partial charge in [0.25, 0.3) is 0 Å². The molecule has 0 bridgehead atoms. The quantitative estimate of drug-likeness (QED) is 0.0510. The number of pyridine rings is 1. The topological polar surface area (TPSA) is 241 Å². The number of benzene rings is 6. The summed E-state index contributed by atoms with van der Waals surface area (Å²) in [5.74, 6) is 1.37. The number of nitrogens with one attached hydrogen (secondary N) is 3. The second-order valence-corrected chi connectivity index (χ2v) is 39.9. The summed E-state index contributed by atoms with van der Waals surface area (Å²) in [7, 11) is 0. The molecule has 6 unspecified atom stereocenters. The molecule has 27 heteroatoms. The maximum absolute atomic E-state index is 14.8. The molecule has 0 aliphatic carbocycles. The van der Waals surface area contributed by atoms with Gasteiger partial charge in [-0.2, -0.15) is 0 Å². The minimum atomic E-state index is -0.537. The molecule has 662 valence electrons. The van der Waals surface area contributed by atoms with Crippen LogP contribution in [0.5, 0.6) is 5.75 Å². The van der Waals surface area contributed by atoms with Gasteiger partial charge in [-0.3, -0.25) is 33.8 Å². The number of aromatic nitrogens is 1. The van der Waals surface area contributed by atoms with E-state index >= 15 is 0 Å².